The SMILES string of the molecule is c1ccc(-c2cc(-c3ccc(-c4nc5ccccc5c5c4ccc4oc(-c6ccccc6)nc45)cc3)cc(-c3ccccc3)n2)cc1. The van der Waals surface area contributed by atoms with Crippen LogP contribution in [0.3, 0.4) is 0 Å². The Balaban J connectivity index is 1.19. The maximum absolute atomic E-state index is 6.27. The van der Waals surface area contributed by atoms with Gasteiger partial charge in [0.2, 0.25) is 5.89 Å². The molecule has 9 rings (SSSR count). The van der Waals surface area contributed by atoms with Crippen molar-refractivity contribution < 1.29 is 4.42 Å². The standard InChI is InChI=1S/C43H27N3O/c1-4-12-29(13-5-1)37-26-33(27-38(44-37)30-14-6-2-7-15-30)28-20-22-31(23-21-28)41-35-24-25-39-42(40(35)34-18-10-11-19-36(34)45-41)46-43(47-39)32-16-8-3-9-17-32/h1-27H. The van der Waals surface area contributed by atoms with Crippen molar-refractivity contribution >= 4 is 32.8 Å². The number of para-hydroxylation sites is 1. The molecule has 3 heterocycles. The lowest BCUT2D eigenvalue weighted by Gasteiger charge is -2.12. The van der Waals surface area contributed by atoms with Crippen LogP contribution in [0, 0.1) is 0 Å². The number of oxazole rings is 1. The number of fused-ring (bicyclic) bond motifs is 5. The lowest BCUT2D eigenvalue weighted by molar-refractivity contribution is 0.620. The van der Waals surface area contributed by atoms with E-state index in [1.165, 1.54) is 0 Å². The van der Waals surface area contributed by atoms with Crippen molar-refractivity contribution in [1.29, 1.82) is 0 Å². The van der Waals surface area contributed by atoms with E-state index in [4.69, 9.17) is 19.4 Å². The van der Waals surface area contributed by atoms with E-state index in [9.17, 15) is 0 Å². The van der Waals surface area contributed by atoms with Gasteiger partial charge >= 0.3 is 0 Å². The number of pyridine rings is 2. The van der Waals surface area contributed by atoms with E-state index in [0.29, 0.717) is 5.89 Å². The topological polar surface area (TPSA) is 51.8 Å². The Bertz CT molecular complexity index is 2480. The molecule has 0 spiro atoms. The Morgan fingerprint density at radius 1 is 0.383 bits per heavy atom. The zero-order chi connectivity index (χ0) is 31.2. The first kappa shape index (κ1) is 27.0. The van der Waals surface area contributed by atoms with Gasteiger partial charge in [0.1, 0.15) is 5.52 Å². The summed E-state index contributed by atoms with van der Waals surface area (Å²) in [4.78, 5) is 15.3. The zero-order valence-corrected chi connectivity index (χ0v) is 25.3. The second-order valence-corrected chi connectivity index (χ2v) is 11.6. The molecule has 9 aromatic rings. The van der Waals surface area contributed by atoms with E-state index in [-0.39, 0.29) is 0 Å². The van der Waals surface area contributed by atoms with Gasteiger partial charge < -0.3 is 4.42 Å². The van der Waals surface area contributed by atoms with Gasteiger partial charge in [0.05, 0.1) is 22.6 Å². The van der Waals surface area contributed by atoms with Gasteiger partial charge in [-0.05, 0) is 53.6 Å². The van der Waals surface area contributed by atoms with E-state index in [0.717, 1.165) is 83.2 Å². The zero-order valence-electron chi connectivity index (χ0n) is 25.3. The molecule has 0 unspecified atom stereocenters. The number of nitrogens with zero attached hydrogens (tertiary/aromatic N) is 3. The van der Waals surface area contributed by atoms with Crippen LogP contribution in [0.25, 0.3) is 89.1 Å². The summed E-state index contributed by atoms with van der Waals surface area (Å²) in [7, 11) is 0. The highest BCUT2D eigenvalue weighted by Crippen LogP contribution is 2.39. The van der Waals surface area contributed by atoms with Crippen molar-refractivity contribution in [3.8, 4) is 56.4 Å². The van der Waals surface area contributed by atoms with Crippen molar-refractivity contribution in [2.75, 3.05) is 0 Å². The number of aromatic nitrogens is 3. The van der Waals surface area contributed by atoms with Gasteiger partial charge in [0.15, 0.2) is 5.58 Å². The molecule has 0 aliphatic rings. The van der Waals surface area contributed by atoms with Crippen LogP contribution in [0.4, 0.5) is 0 Å². The minimum atomic E-state index is 0.613. The van der Waals surface area contributed by atoms with Crippen molar-refractivity contribution in [3.05, 3.63) is 164 Å². The van der Waals surface area contributed by atoms with Crippen LogP contribution in [0.1, 0.15) is 0 Å². The second kappa shape index (κ2) is 11.2. The van der Waals surface area contributed by atoms with Crippen LogP contribution in [-0.4, -0.2) is 15.0 Å². The van der Waals surface area contributed by atoms with Crippen LogP contribution >= 0.6 is 0 Å². The molecule has 0 aliphatic carbocycles. The number of benzene rings is 6. The predicted octanol–water partition coefficient (Wildman–Crippen LogP) is 11.3. The van der Waals surface area contributed by atoms with Crippen LogP contribution in [0.5, 0.6) is 0 Å². The van der Waals surface area contributed by atoms with Gasteiger partial charge in [-0.25, -0.2) is 15.0 Å². The highest BCUT2D eigenvalue weighted by Gasteiger charge is 2.18. The van der Waals surface area contributed by atoms with Gasteiger partial charge in [-0.15, -0.1) is 0 Å². The summed E-state index contributed by atoms with van der Waals surface area (Å²) >= 11 is 0. The van der Waals surface area contributed by atoms with Crippen LogP contribution in [0.15, 0.2) is 168 Å². The average Bonchev–Trinajstić information content (AvgIpc) is 3.60. The normalized spacial score (nSPS) is 11.4. The Labute approximate surface area is 271 Å². The monoisotopic (exact) mass is 601 g/mol. The highest BCUT2D eigenvalue weighted by molar-refractivity contribution is 6.20. The third-order valence-corrected chi connectivity index (χ3v) is 8.70. The van der Waals surface area contributed by atoms with E-state index in [1.807, 2.05) is 54.6 Å². The van der Waals surface area contributed by atoms with Crippen molar-refractivity contribution in [1.82, 2.24) is 15.0 Å². The molecule has 4 heteroatoms. The maximum atomic E-state index is 6.27. The van der Waals surface area contributed by atoms with E-state index >= 15 is 0 Å². The molecule has 6 aromatic carbocycles. The molecule has 0 saturated heterocycles. The molecule has 0 fully saturated rings. The summed E-state index contributed by atoms with van der Waals surface area (Å²) in [6.07, 6.45) is 0. The fourth-order valence-electron chi connectivity index (χ4n) is 6.38. The summed E-state index contributed by atoms with van der Waals surface area (Å²) < 4.78 is 6.27. The molecule has 0 N–H and O–H groups in total. The highest BCUT2D eigenvalue weighted by atomic mass is 16.3. The van der Waals surface area contributed by atoms with Crippen molar-refractivity contribution in [2.24, 2.45) is 0 Å². The van der Waals surface area contributed by atoms with Gasteiger partial charge in [0, 0.05) is 38.4 Å². The summed E-state index contributed by atoms with van der Waals surface area (Å²) in [5.41, 5.74) is 11.7. The first-order chi connectivity index (χ1) is 23.3. The van der Waals surface area contributed by atoms with Gasteiger partial charge in [-0.2, -0.15) is 0 Å². The first-order valence-electron chi connectivity index (χ1n) is 15.7. The first-order valence-corrected chi connectivity index (χ1v) is 15.7. The summed E-state index contributed by atoms with van der Waals surface area (Å²) in [6, 6.07) is 56.2. The maximum Gasteiger partial charge on any atom is 0.227 e. The smallest absolute Gasteiger partial charge is 0.227 e. The Kier molecular flexibility index (Phi) is 6.43. The van der Waals surface area contributed by atoms with Gasteiger partial charge in [0.25, 0.3) is 0 Å². The molecule has 47 heavy (non-hydrogen) atoms. The lowest BCUT2D eigenvalue weighted by atomic mass is 9.96. The summed E-state index contributed by atoms with van der Waals surface area (Å²) in [5, 5.41) is 3.14. The molecule has 4 nitrogen and oxygen atoms in total. The predicted molar refractivity (Wildman–Crippen MR) is 192 cm³/mol. The number of rotatable bonds is 5. The number of hydrogen-bond donors (Lipinski definition) is 0. The molecular weight excluding hydrogens is 574 g/mol. The fourth-order valence-corrected chi connectivity index (χ4v) is 6.38. The van der Waals surface area contributed by atoms with E-state index in [2.05, 4.69) is 109 Å². The Hall–Kier alpha value is -6.39. The minimum absolute atomic E-state index is 0.613. The van der Waals surface area contributed by atoms with Crippen molar-refractivity contribution in [3.63, 3.8) is 0 Å². The summed E-state index contributed by atoms with van der Waals surface area (Å²) in [5.74, 6) is 0.613. The molecule has 0 saturated carbocycles. The molecule has 0 radical (unpaired) electrons. The van der Waals surface area contributed by atoms with Gasteiger partial charge in [-0.3, -0.25) is 0 Å². The van der Waals surface area contributed by atoms with Crippen LogP contribution < -0.4 is 0 Å². The second-order valence-electron chi connectivity index (χ2n) is 11.6. The Morgan fingerprint density at radius 3 is 1.62 bits per heavy atom. The summed E-state index contributed by atoms with van der Waals surface area (Å²) in [6.45, 7) is 0. The molecule has 220 valence electrons. The molecular formula is C43H27N3O. The quantitative estimate of drug-likeness (QED) is 0.184. The minimum Gasteiger partial charge on any atom is -0.436 e. The van der Waals surface area contributed by atoms with Crippen LogP contribution in [0.2, 0.25) is 0 Å². The van der Waals surface area contributed by atoms with Crippen molar-refractivity contribution in [2.45, 2.75) is 0 Å². The molecule has 0 atom stereocenters. The van der Waals surface area contributed by atoms with Crippen LogP contribution in [-0.2, 0) is 0 Å². The van der Waals surface area contributed by atoms with Gasteiger partial charge in [-0.1, -0.05) is 121 Å². The third-order valence-electron chi connectivity index (χ3n) is 8.70. The van der Waals surface area contributed by atoms with E-state index < -0.39 is 0 Å². The number of hydrogen-bond acceptors (Lipinski definition) is 4. The largest absolute Gasteiger partial charge is 0.436 e. The Morgan fingerprint density at radius 2 is 0.957 bits per heavy atom. The average molecular weight is 602 g/mol. The molecule has 3 aromatic heterocycles. The molecule has 0 amide bonds. The molecule has 0 aliphatic heterocycles. The lowest BCUT2D eigenvalue weighted by Crippen LogP contribution is -1.92. The third kappa shape index (κ3) is 4.84. The molecule has 0 bridgehead atoms. The van der Waals surface area contributed by atoms with E-state index in [1.54, 1.807) is 0 Å². The fraction of sp³-hybridized carbons (Fsp3) is 0.